The SMILES string of the molecule is CC(C)CCNc1ccncc1Cl. The minimum absolute atomic E-state index is 0.686. The monoisotopic (exact) mass is 198 g/mol. The van der Waals surface area contributed by atoms with E-state index in [-0.39, 0.29) is 0 Å². The van der Waals surface area contributed by atoms with Crippen LogP contribution in [-0.2, 0) is 0 Å². The molecule has 0 fully saturated rings. The van der Waals surface area contributed by atoms with Crippen LogP contribution in [0.15, 0.2) is 18.5 Å². The average molecular weight is 199 g/mol. The molecule has 72 valence electrons. The third kappa shape index (κ3) is 3.64. The van der Waals surface area contributed by atoms with Gasteiger partial charge in [0.05, 0.1) is 10.7 Å². The molecule has 0 amide bonds. The lowest BCUT2D eigenvalue weighted by molar-refractivity contribution is 0.607. The van der Waals surface area contributed by atoms with Crippen molar-refractivity contribution >= 4 is 17.3 Å². The van der Waals surface area contributed by atoms with Crippen molar-refractivity contribution in [2.75, 3.05) is 11.9 Å². The highest BCUT2D eigenvalue weighted by Crippen LogP contribution is 2.19. The number of hydrogen-bond donors (Lipinski definition) is 1. The zero-order chi connectivity index (χ0) is 9.68. The van der Waals surface area contributed by atoms with Crippen LogP contribution in [0, 0.1) is 5.92 Å². The van der Waals surface area contributed by atoms with Crippen molar-refractivity contribution < 1.29 is 0 Å². The van der Waals surface area contributed by atoms with E-state index in [1.807, 2.05) is 6.07 Å². The number of nitrogens with zero attached hydrogens (tertiary/aromatic N) is 1. The number of rotatable bonds is 4. The Kier molecular flexibility index (Phi) is 4.03. The van der Waals surface area contributed by atoms with Gasteiger partial charge in [-0.15, -0.1) is 0 Å². The van der Waals surface area contributed by atoms with Crippen LogP contribution in [0.25, 0.3) is 0 Å². The van der Waals surface area contributed by atoms with Gasteiger partial charge in [0, 0.05) is 18.9 Å². The van der Waals surface area contributed by atoms with Crippen LogP contribution < -0.4 is 5.32 Å². The second kappa shape index (κ2) is 5.07. The van der Waals surface area contributed by atoms with Crippen molar-refractivity contribution in [1.29, 1.82) is 0 Å². The van der Waals surface area contributed by atoms with E-state index in [1.165, 1.54) is 0 Å². The first kappa shape index (κ1) is 10.3. The van der Waals surface area contributed by atoms with Crippen LogP contribution in [0.4, 0.5) is 5.69 Å². The fourth-order valence-corrected chi connectivity index (χ4v) is 1.20. The number of pyridine rings is 1. The summed E-state index contributed by atoms with van der Waals surface area (Å²) >= 11 is 5.91. The van der Waals surface area contributed by atoms with Crippen LogP contribution in [0.5, 0.6) is 0 Å². The van der Waals surface area contributed by atoms with Crippen molar-refractivity contribution in [1.82, 2.24) is 4.98 Å². The molecule has 1 aromatic heterocycles. The second-order valence-electron chi connectivity index (χ2n) is 3.46. The van der Waals surface area contributed by atoms with Gasteiger partial charge in [0.2, 0.25) is 0 Å². The first-order valence-electron chi connectivity index (χ1n) is 4.53. The normalized spacial score (nSPS) is 10.5. The average Bonchev–Trinajstić information content (AvgIpc) is 2.08. The first-order valence-corrected chi connectivity index (χ1v) is 4.91. The van der Waals surface area contributed by atoms with Gasteiger partial charge in [-0.2, -0.15) is 0 Å². The molecule has 2 nitrogen and oxygen atoms in total. The lowest BCUT2D eigenvalue weighted by atomic mass is 10.1. The maximum absolute atomic E-state index is 5.91. The number of hydrogen-bond acceptors (Lipinski definition) is 2. The standard InChI is InChI=1S/C10H15ClN2/c1-8(2)3-6-13-10-4-5-12-7-9(10)11/h4-5,7-8H,3,6H2,1-2H3,(H,12,13). The van der Waals surface area contributed by atoms with Crippen LogP contribution in [-0.4, -0.2) is 11.5 Å². The summed E-state index contributed by atoms with van der Waals surface area (Å²) in [6.45, 7) is 5.37. The van der Waals surface area contributed by atoms with Crippen LogP contribution in [0.2, 0.25) is 5.02 Å². The Bertz CT molecular complexity index is 261. The Morgan fingerprint density at radius 2 is 2.31 bits per heavy atom. The Balaban J connectivity index is 2.41. The molecule has 1 aromatic rings. The molecule has 0 aliphatic heterocycles. The molecule has 1 heterocycles. The zero-order valence-electron chi connectivity index (χ0n) is 8.05. The molecule has 1 N–H and O–H groups in total. The van der Waals surface area contributed by atoms with Crippen molar-refractivity contribution in [2.45, 2.75) is 20.3 Å². The summed E-state index contributed by atoms with van der Waals surface area (Å²) < 4.78 is 0. The van der Waals surface area contributed by atoms with Crippen molar-refractivity contribution in [2.24, 2.45) is 5.92 Å². The molecule has 0 bridgehead atoms. The molecule has 0 atom stereocenters. The smallest absolute Gasteiger partial charge is 0.0820 e. The Hall–Kier alpha value is -0.760. The van der Waals surface area contributed by atoms with Crippen molar-refractivity contribution in [3.05, 3.63) is 23.5 Å². The first-order chi connectivity index (χ1) is 6.20. The third-order valence-electron chi connectivity index (χ3n) is 1.81. The Morgan fingerprint density at radius 3 is 2.92 bits per heavy atom. The topological polar surface area (TPSA) is 24.9 Å². The van der Waals surface area contributed by atoms with E-state index in [0.29, 0.717) is 10.9 Å². The summed E-state index contributed by atoms with van der Waals surface area (Å²) in [6.07, 6.45) is 4.54. The fourth-order valence-electron chi connectivity index (χ4n) is 1.01. The van der Waals surface area contributed by atoms with Gasteiger partial charge in [-0.3, -0.25) is 4.98 Å². The molecule has 1 rings (SSSR count). The summed E-state index contributed by atoms with van der Waals surface area (Å²) in [5.41, 5.74) is 0.970. The molecule has 0 radical (unpaired) electrons. The maximum Gasteiger partial charge on any atom is 0.0820 e. The van der Waals surface area contributed by atoms with Crippen molar-refractivity contribution in [3.8, 4) is 0 Å². The molecule has 0 aromatic carbocycles. The van der Waals surface area contributed by atoms with Crippen LogP contribution >= 0.6 is 11.6 Å². The molecule has 0 spiro atoms. The van der Waals surface area contributed by atoms with Crippen LogP contribution in [0.3, 0.4) is 0 Å². The Labute approximate surface area is 84.3 Å². The van der Waals surface area contributed by atoms with Gasteiger partial charge in [0.25, 0.3) is 0 Å². The lowest BCUT2D eigenvalue weighted by Gasteiger charge is -2.08. The molecule has 0 aliphatic carbocycles. The minimum atomic E-state index is 0.686. The minimum Gasteiger partial charge on any atom is -0.384 e. The van der Waals surface area contributed by atoms with E-state index in [2.05, 4.69) is 24.1 Å². The van der Waals surface area contributed by atoms with E-state index in [0.717, 1.165) is 18.7 Å². The van der Waals surface area contributed by atoms with Gasteiger partial charge >= 0.3 is 0 Å². The highest BCUT2D eigenvalue weighted by atomic mass is 35.5. The molecular weight excluding hydrogens is 184 g/mol. The van der Waals surface area contributed by atoms with E-state index in [9.17, 15) is 0 Å². The number of nitrogens with one attached hydrogen (secondary N) is 1. The van der Waals surface area contributed by atoms with Crippen molar-refractivity contribution in [3.63, 3.8) is 0 Å². The van der Waals surface area contributed by atoms with E-state index < -0.39 is 0 Å². The highest BCUT2D eigenvalue weighted by Gasteiger charge is 1.98. The number of aromatic nitrogens is 1. The van der Waals surface area contributed by atoms with Gasteiger partial charge in [-0.25, -0.2) is 0 Å². The second-order valence-corrected chi connectivity index (χ2v) is 3.87. The molecular formula is C10H15ClN2. The molecule has 0 unspecified atom stereocenters. The number of halogens is 1. The third-order valence-corrected chi connectivity index (χ3v) is 2.11. The predicted molar refractivity (Wildman–Crippen MR) is 57.2 cm³/mol. The van der Waals surface area contributed by atoms with Gasteiger partial charge in [0.1, 0.15) is 0 Å². The van der Waals surface area contributed by atoms with Gasteiger partial charge in [-0.1, -0.05) is 25.4 Å². The van der Waals surface area contributed by atoms with Crippen LogP contribution in [0.1, 0.15) is 20.3 Å². The van der Waals surface area contributed by atoms with E-state index in [1.54, 1.807) is 12.4 Å². The molecule has 3 heteroatoms. The summed E-state index contributed by atoms with van der Waals surface area (Å²) in [5.74, 6) is 0.716. The highest BCUT2D eigenvalue weighted by molar-refractivity contribution is 6.33. The van der Waals surface area contributed by atoms with E-state index >= 15 is 0 Å². The quantitative estimate of drug-likeness (QED) is 0.804. The summed E-state index contributed by atoms with van der Waals surface area (Å²) in [4.78, 5) is 3.92. The van der Waals surface area contributed by atoms with Gasteiger partial charge < -0.3 is 5.32 Å². The largest absolute Gasteiger partial charge is 0.384 e. The Morgan fingerprint density at radius 1 is 1.54 bits per heavy atom. The van der Waals surface area contributed by atoms with Gasteiger partial charge in [-0.05, 0) is 18.4 Å². The molecule has 0 saturated carbocycles. The van der Waals surface area contributed by atoms with Gasteiger partial charge in [0.15, 0.2) is 0 Å². The molecule has 0 saturated heterocycles. The maximum atomic E-state index is 5.91. The number of anilines is 1. The molecule has 13 heavy (non-hydrogen) atoms. The predicted octanol–water partition coefficient (Wildman–Crippen LogP) is 3.19. The summed E-state index contributed by atoms with van der Waals surface area (Å²) in [5, 5.41) is 3.96. The molecule has 0 aliphatic rings. The summed E-state index contributed by atoms with van der Waals surface area (Å²) in [6, 6.07) is 1.89. The lowest BCUT2D eigenvalue weighted by Crippen LogP contribution is -2.05. The fraction of sp³-hybridized carbons (Fsp3) is 0.500. The summed E-state index contributed by atoms with van der Waals surface area (Å²) in [7, 11) is 0. The zero-order valence-corrected chi connectivity index (χ0v) is 8.80. The van der Waals surface area contributed by atoms with E-state index in [4.69, 9.17) is 11.6 Å².